The number of carboxylic acid groups (broad SMARTS) is 1. The van der Waals surface area contributed by atoms with E-state index in [4.69, 9.17) is 5.11 Å². The highest BCUT2D eigenvalue weighted by molar-refractivity contribution is 7.98. The first-order valence-electron chi connectivity index (χ1n) is 5.88. The van der Waals surface area contributed by atoms with Gasteiger partial charge in [0.05, 0.1) is 0 Å². The molecule has 1 atom stereocenters. The van der Waals surface area contributed by atoms with Gasteiger partial charge in [-0.15, -0.1) is 0 Å². The summed E-state index contributed by atoms with van der Waals surface area (Å²) in [4.78, 5) is 22.0. The molecule has 0 bridgehead atoms. The van der Waals surface area contributed by atoms with Crippen molar-refractivity contribution in [3.8, 4) is 0 Å². The summed E-state index contributed by atoms with van der Waals surface area (Å²) in [6.45, 7) is 2.32. The number of hydrogen-bond donors (Lipinski definition) is 3. The van der Waals surface area contributed by atoms with E-state index in [1.807, 2.05) is 11.8 Å². The first kappa shape index (κ1) is 16.1. The lowest BCUT2D eigenvalue weighted by Gasteiger charge is -2.12. The van der Waals surface area contributed by atoms with Crippen molar-refractivity contribution < 1.29 is 14.7 Å². The van der Waals surface area contributed by atoms with Crippen LogP contribution in [0.1, 0.15) is 32.6 Å². The second kappa shape index (κ2) is 10.3. The smallest absolute Gasteiger partial charge is 0.326 e. The number of unbranched alkanes of at least 4 members (excludes halogenated alkanes) is 2. The second-order valence-corrected chi connectivity index (χ2v) is 4.74. The van der Waals surface area contributed by atoms with E-state index < -0.39 is 18.0 Å². The molecule has 17 heavy (non-hydrogen) atoms. The first-order valence-corrected chi connectivity index (χ1v) is 7.27. The molecule has 3 N–H and O–H groups in total. The van der Waals surface area contributed by atoms with E-state index in [1.165, 1.54) is 0 Å². The Kier molecular flexibility index (Phi) is 9.71. The summed E-state index contributed by atoms with van der Waals surface area (Å²) in [7, 11) is 0. The number of aliphatic carboxylic acids is 1. The van der Waals surface area contributed by atoms with E-state index in [2.05, 4.69) is 16.9 Å². The van der Waals surface area contributed by atoms with Gasteiger partial charge in [0, 0.05) is 6.54 Å². The third-order valence-electron chi connectivity index (χ3n) is 2.32. The molecular weight excluding hydrogens is 240 g/mol. The molecule has 0 aliphatic rings. The maximum absolute atomic E-state index is 11.3. The lowest BCUT2D eigenvalue weighted by molar-refractivity contribution is -0.139. The fourth-order valence-electron chi connectivity index (χ4n) is 1.30. The van der Waals surface area contributed by atoms with Crippen molar-refractivity contribution in [2.24, 2.45) is 0 Å². The minimum atomic E-state index is -0.998. The molecule has 0 saturated carbocycles. The molecule has 0 aliphatic carbocycles. The quantitative estimate of drug-likeness (QED) is 0.552. The zero-order chi connectivity index (χ0) is 13.1. The van der Waals surface area contributed by atoms with E-state index in [1.54, 1.807) is 6.92 Å². The van der Waals surface area contributed by atoms with Crippen LogP contribution in [-0.2, 0) is 4.79 Å². The monoisotopic (exact) mass is 262 g/mol. The molecule has 1 unspecified atom stereocenters. The Hall–Kier alpha value is -0.910. The number of carboxylic acids is 1. The zero-order valence-corrected chi connectivity index (χ0v) is 11.3. The van der Waals surface area contributed by atoms with Crippen molar-refractivity contribution in [1.29, 1.82) is 0 Å². The minimum absolute atomic E-state index is 0.385. The molecule has 0 aromatic rings. The van der Waals surface area contributed by atoms with Gasteiger partial charge in [-0.05, 0) is 31.3 Å². The summed E-state index contributed by atoms with van der Waals surface area (Å²) in [5.74, 6) is 0.144. The van der Waals surface area contributed by atoms with Crippen LogP contribution in [-0.4, -0.2) is 41.7 Å². The molecule has 0 heterocycles. The number of amides is 2. The van der Waals surface area contributed by atoms with Crippen LogP contribution in [0.4, 0.5) is 4.79 Å². The van der Waals surface area contributed by atoms with Gasteiger partial charge in [-0.3, -0.25) is 0 Å². The maximum Gasteiger partial charge on any atom is 0.326 e. The maximum atomic E-state index is 11.3. The summed E-state index contributed by atoms with van der Waals surface area (Å²) < 4.78 is 0. The van der Waals surface area contributed by atoms with E-state index in [0.29, 0.717) is 13.0 Å². The Balaban J connectivity index is 3.55. The fraction of sp³-hybridized carbons (Fsp3) is 0.818. The van der Waals surface area contributed by atoms with E-state index in [0.717, 1.165) is 25.0 Å². The third-order valence-corrected chi connectivity index (χ3v) is 3.02. The highest BCUT2D eigenvalue weighted by Gasteiger charge is 2.16. The van der Waals surface area contributed by atoms with Crippen LogP contribution in [0, 0.1) is 0 Å². The molecule has 100 valence electrons. The summed E-state index contributed by atoms with van der Waals surface area (Å²) in [5, 5.41) is 13.8. The number of rotatable bonds is 9. The lowest BCUT2D eigenvalue weighted by atomic mass is 10.2. The number of nitrogens with one attached hydrogen (secondary N) is 2. The van der Waals surface area contributed by atoms with Gasteiger partial charge in [0.2, 0.25) is 0 Å². The Morgan fingerprint density at radius 1 is 1.29 bits per heavy atom. The summed E-state index contributed by atoms with van der Waals surface area (Å²) >= 11 is 1.82. The van der Waals surface area contributed by atoms with E-state index in [9.17, 15) is 9.59 Å². The molecule has 0 aliphatic heterocycles. The summed E-state index contributed by atoms with van der Waals surface area (Å²) in [6, 6.07) is -1.20. The lowest BCUT2D eigenvalue weighted by Crippen LogP contribution is -2.45. The Morgan fingerprint density at radius 2 is 2.00 bits per heavy atom. The molecule has 0 radical (unpaired) electrons. The van der Waals surface area contributed by atoms with Gasteiger partial charge in [-0.2, -0.15) is 11.8 Å². The predicted molar refractivity (Wildman–Crippen MR) is 70.5 cm³/mol. The molecule has 0 rings (SSSR count). The van der Waals surface area contributed by atoms with Crippen molar-refractivity contribution in [2.45, 2.75) is 38.6 Å². The van der Waals surface area contributed by atoms with Crippen LogP contribution in [0.5, 0.6) is 0 Å². The van der Waals surface area contributed by atoms with Crippen molar-refractivity contribution >= 4 is 23.8 Å². The summed E-state index contributed by atoms with van der Waals surface area (Å²) in [5.41, 5.74) is 0. The van der Waals surface area contributed by atoms with Gasteiger partial charge in [0.25, 0.3) is 0 Å². The van der Waals surface area contributed by atoms with Crippen LogP contribution in [0.3, 0.4) is 0 Å². The van der Waals surface area contributed by atoms with E-state index >= 15 is 0 Å². The molecule has 0 saturated heterocycles. The molecule has 0 aromatic carbocycles. The van der Waals surface area contributed by atoms with Gasteiger partial charge in [0.1, 0.15) is 6.04 Å². The highest BCUT2D eigenvalue weighted by Crippen LogP contribution is 2.01. The predicted octanol–water partition coefficient (Wildman–Crippen LogP) is 1.68. The second-order valence-electron chi connectivity index (χ2n) is 3.75. The SMILES string of the molecule is CCC(NC(=O)NCCCCCSC)C(=O)O. The molecule has 6 heteroatoms. The number of urea groups is 1. The van der Waals surface area contributed by atoms with Gasteiger partial charge in [-0.25, -0.2) is 9.59 Å². The Morgan fingerprint density at radius 3 is 2.53 bits per heavy atom. The molecular formula is C11H22N2O3S. The highest BCUT2D eigenvalue weighted by atomic mass is 32.2. The van der Waals surface area contributed by atoms with Crippen molar-refractivity contribution in [3.63, 3.8) is 0 Å². The van der Waals surface area contributed by atoms with Crippen molar-refractivity contribution in [1.82, 2.24) is 10.6 Å². The average Bonchev–Trinajstić information content (AvgIpc) is 2.30. The zero-order valence-electron chi connectivity index (χ0n) is 10.5. The first-order chi connectivity index (χ1) is 8.11. The van der Waals surface area contributed by atoms with Gasteiger partial charge >= 0.3 is 12.0 Å². The van der Waals surface area contributed by atoms with Gasteiger partial charge in [-0.1, -0.05) is 13.3 Å². The Labute approximate surface area is 107 Å². The topological polar surface area (TPSA) is 78.4 Å². The van der Waals surface area contributed by atoms with Crippen LogP contribution in [0.2, 0.25) is 0 Å². The standard InChI is InChI=1S/C11H22N2O3S/c1-3-9(10(14)15)13-11(16)12-7-5-4-6-8-17-2/h9H,3-8H2,1-2H3,(H,14,15)(H2,12,13,16). The van der Waals surface area contributed by atoms with Gasteiger partial charge in [0.15, 0.2) is 0 Å². The van der Waals surface area contributed by atoms with Crippen LogP contribution in [0.25, 0.3) is 0 Å². The van der Waals surface area contributed by atoms with Gasteiger partial charge < -0.3 is 15.7 Å². The molecule has 5 nitrogen and oxygen atoms in total. The molecule has 0 aromatic heterocycles. The summed E-state index contributed by atoms with van der Waals surface area (Å²) in [6.07, 6.45) is 5.62. The molecule has 2 amide bonds. The van der Waals surface area contributed by atoms with Crippen molar-refractivity contribution in [3.05, 3.63) is 0 Å². The van der Waals surface area contributed by atoms with Crippen LogP contribution in [0.15, 0.2) is 0 Å². The molecule has 0 fully saturated rings. The third kappa shape index (κ3) is 8.85. The molecule has 0 spiro atoms. The number of hydrogen-bond acceptors (Lipinski definition) is 3. The number of carbonyl (C=O) groups is 2. The normalized spacial score (nSPS) is 11.9. The number of thioether (sulfide) groups is 1. The largest absolute Gasteiger partial charge is 0.480 e. The van der Waals surface area contributed by atoms with Crippen molar-refractivity contribution in [2.75, 3.05) is 18.6 Å². The van der Waals surface area contributed by atoms with Crippen LogP contribution < -0.4 is 10.6 Å². The average molecular weight is 262 g/mol. The minimum Gasteiger partial charge on any atom is -0.480 e. The van der Waals surface area contributed by atoms with E-state index in [-0.39, 0.29) is 0 Å². The fourth-order valence-corrected chi connectivity index (χ4v) is 1.79. The van der Waals surface area contributed by atoms with Crippen LogP contribution >= 0.6 is 11.8 Å². The number of carbonyl (C=O) groups excluding carboxylic acids is 1. The Bertz CT molecular complexity index is 237.